The molecule has 2 N–H and O–H groups in total. The Hall–Kier alpha value is 0.200. The van der Waals surface area contributed by atoms with Crippen LogP contribution in [0, 0.1) is 0 Å². The molecule has 0 aromatic heterocycles. The van der Waals surface area contributed by atoms with Crippen molar-refractivity contribution >= 4 is 29.2 Å². The van der Waals surface area contributed by atoms with E-state index in [-0.39, 0.29) is 0 Å². The molecule has 0 spiro atoms. The standard InChI is InChI=1S/C2H6N2S2/c1-4(3)2(5)6/h3H2,1H3,(H,5,6). The first-order chi connectivity index (χ1) is 2.64. The van der Waals surface area contributed by atoms with E-state index in [0.717, 1.165) is 0 Å². The minimum atomic E-state index is 0.398. The summed E-state index contributed by atoms with van der Waals surface area (Å²) in [7, 11) is 1.63. The molecule has 0 atom stereocenters. The van der Waals surface area contributed by atoms with E-state index in [1.54, 1.807) is 7.05 Å². The van der Waals surface area contributed by atoms with E-state index in [4.69, 9.17) is 5.84 Å². The van der Waals surface area contributed by atoms with Gasteiger partial charge in [-0.2, -0.15) is 0 Å². The largest absolute Gasteiger partial charge is 0.299 e. The van der Waals surface area contributed by atoms with Crippen LogP contribution in [0.5, 0.6) is 0 Å². The van der Waals surface area contributed by atoms with Crippen molar-refractivity contribution in [2.24, 2.45) is 5.84 Å². The second-order valence-corrected chi connectivity index (χ2v) is 2.01. The number of thiol groups is 1. The van der Waals surface area contributed by atoms with Crippen LogP contribution in [0.4, 0.5) is 0 Å². The van der Waals surface area contributed by atoms with E-state index in [1.807, 2.05) is 0 Å². The molecule has 0 aliphatic carbocycles. The van der Waals surface area contributed by atoms with Crippen molar-refractivity contribution in [3.63, 3.8) is 0 Å². The van der Waals surface area contributed by atoms with Crippen molar-refractivity contribution in [3.05, 3.63) is 0 Å². The van der Waals surface area contributed by atoms with E-state index >= 15 is 0 Å². The average Bonchev–Trinajstić information content (AvgIpc) is 1.36. The normalized spacial score (nSPS) is 7.83. The maximum Gasteiger partial charge on any atom is 0.147 e. The second-order valence-electron chi connectivity index (χ2n) is 0.893. The molecule has 6 heavy (non-hydrogen) atoms. The minimum Gasteiger partial charge on any atom is -0.299 e. The van der Waals surface area contributed by atoms with Crippen LogP contribution >= 0.6 is 24.8 Å². The Morgan fingerprint density at radius 3 is 2.17 bits per heavy atom. The highest BCUT2D eigenvalue weighted by Crippen LogP contribution is 1.81. The molecular formula is C2H6N2S2. The van der Waals surface area contributed by atoms with Gasteiger partial charge in [-0.15, -0.1) is 12.6 Å². The summed E-state index contributed by atoms with van der Waals surface area (Å²) >= 11 is 8.21. The molecule has 0 fully saturated rings. The molecule has 0 aromatic carbocycles. The first-order valence-electron chi connectivity index (χ1n) is 1.36. The molecule has 0 radical (unpaired) electrons. The molecule has 0 heterocycles. The highest BCUT2D eigenvalue weighted by molar-refractivity contribution is 8.10. The molecule has 0 aliphatic rings. The molecule has 0 saturated carbocycles. The zero-order chi connectivity index (χ0) is 5.15. The molecule has 36 valence electrons. The summed E-state index contributed by atoms with van der Waals surface area (Å²) in [6.45, 7) is 0. The monoisotopic (exact) mass is 122 g/mol. The second kappa shape index (κ2) is 2.39. The summed E-state index contributed by atoms with van der Waals surface area (Å²) in [5, 5.41) is 1.26. The molecule has 0 amide bonds. The first kappa shape index (κ1) is 6.20. The molecule has 0 bridgehead atoms. The summed E-state index contributed by atoms with van der Waals surface area (Å²) in [5.41, 5.74) is 0. The zero-order valence-electron chi connectivity index (χ0n) is 3.38. The maximum atomic E-state index is 5.05. The Labute approximate surface area is 47.7 Å². The van der Waals surface area contributed by atoms with Gasteiger partial charge in [0.2, 0.25) is 0 Å². The van der Waals surface area contributed by atoms with Crippen molar-refractivity contribution in [1.29, 1.82) is 0 Å². The number of rotatable bonds is 0. The Kier molecular flexibility index (Phi) is 2.47. The van der Waals surface area contributed by atoms with Gasteiger partial charge in [0, 0.05) is 7.05 Å². The lowest BCUT2D eigenvalue weighted by molar-refractivity contribution is 0.560. The SMILES string of the molecule is CN(N)C(=S)S. The third kappa shape index (κ3) is 2.44. The van der Waals surface area contributed by atoms with E-state index in [9.17, 15) is 0 Å². The van der Waals surface area contributed by atoms with E-state index < -0.39 is 0 Å². The zero-order valence-corrected chi connectivity index (χ0v) is 5.09. The number of thiocarbonyl (C=S) groups is 1. The lowest BCUT2D eigenvalue weighted by Crippen LogP contribution is -2.27. The fraction of sp³-hybridized carbons (Fsp3) is 0.500. The minimum absolute atomic E-state index is 0.398. The van der Waals surface area contributed by atoms with Crippen molar-refractivity contribution < 1.29 is 0 Å². The van der Waals surface area contributed by atoms with Gasteiger partial charge in [-0.25, -0.2) is 5.84 Å². The van der Waals surface area contributed by atoms with Crippen LogP contribution in [0.3, 0.4) is 0 Å². The van der Waals surface area contributed by atoms with Gasteiger partial charge >= 0.3 is 0 Å². The predicted molar refractivity (Wildman–Crippen MR) is 33.5 cm³/mol. The summed E-state index contributed by atoms with van der Waals surface area (Å²) in [6.07, 6.45) is 0. The fourth-order valence-electron chi connectivity index (χ4n) is 0. The van der Waals surface area contributed by atoms with Gasteiger partial charge in [0.25, 0.3) is 0 Å². The predicted octanol–water partition coefficient (Wildman–Crippen LogP) is 0.00660. The van der Waals surface area contributed by atoms with Crippen molar-refractivity contribution in [3.8, 4) is 0 Å². The highest BCUT2D eigenvalue weighted by Gasteiger charge is 1.84. The number of hydrogen-bond donors (Lipinski definition) is 2. The molecule has 0 unspecified atom stereocenters. The number of hydrogen-bond acceptors (Lipinski definition) is 2. The molecular weight excluding hydrogens is 116 g/mol. The van der Waals surface area contributed by atoms with Crippen LogP contribution in [-0.2, 0) is 0 Å². The number of hydrazine groups is 1. The topological polar surface area (TPSA) is 29.3 Å². The number of nitrogens with zero attached hydrogens (tertiary/aromatic N) is 1. The average molecular weight is 122 g/mol. The third-order valence-electron chi connectivity index (χ3n) is 0.302. The van der Waals surface area contributed by atoms with Gasteiger partial charge in [-0.1, -0.05) is 12.2 Å². The lowest BCUT2D eigenvalue weighted by Gasteiger charge is -2.04. The van der Waals surface area contributed by atoms with Crippen molar-refractivity contribution in [2.45, 2.75) is 0 Å². The maximum absolute atomic E-state index is 5.05. The van der Waals surface area contributed by atoms with Gasteiger partial charge in [0.1, 0.15) is 4.32 Å². The smallest absolute Gasteiger partial charge is 0.147 e. The highest BCUT2D eigenvalue weighted by atomic mass is 32.1. The Bertz CT molecular complexity index is 60.6. The van der Waals surface area contributed by atoms with Gasteiger partial charge in [0.15, 0.2) is 0 Å². The van der Waals surface area contributed by atoms with Crippen LogP contribution in [0.25, 0.3) is 0 Å². The van der Waals surface area contributed by atoms with E-state index in [0.29, 0.717) is 4.32 Å². The lowest BCUT2D eigenvalue weighted by atomic mass is 11.2. The van der Waals surface area contributed by atoms with Crippen LogP contribution in [0.2, 0.25) is 0 Å². The first-order valence-corrected chi connectivity index (χ1v) is 2.21. The van der Waals surface area contributed by atoms with Crippen LogP contribution in [0.15, 0.2) is 0 Å². The fourth-order valence-corrected chi connectivity index (χ4v) is 0. The van der Waals surface area contributed by atoms with Crippen molar-refractivity contribution in [2.75, 3.05) is 7.05 Å². The molecule has 0 aliphatic heterocycles. The van der Waals surface area contributed by atoms with Gasteiger partial charge < -0.3 is 0 Å². The van der Waals surface area contributed by atoms with E-state index in [1.165, 1.54) is 5.01 Å². The third-order valence-corrected chi connectivity index (χ3v) is 0.905. The number of nitrogens with two attached hydrogens (primary N) is 1. The van der Waals surface area contributed by atoms with Gasteiger partial charge in [0.05, 0.1) is 0 Å². The Balaban J connectivity index is 3.26. The molecule has 0 rings (SSSR count). The van der Waals surface area contributed by atoms with Crippen LogP contribution in [-0.4, -0.2) is 16.4 Å². The summed E-state index contributed by atoms with van der Waals surface area (Å²) in [6, 6.07) is 0. The Morgan fingerprint density at radius 1 is 2.00 bits per heavy atom. The quantitative estimate of drug-likeness (QED) is 0.205. The van der Waals surface area contributed by atoms with Crippen LogP contribution in [0.1, 0.15) is 0 Å². The van der Waals surface area contributed by atoms with Gasteiger partial charge in [-0.05, 0) is 0 Å². The molecule has 0 saturated heterocycles. The van der Waals surface area contributed by atoms with E-state index in [2.05, 4.69) is 24.8 Å². The Morgan fingerprint density at radius 2 is 2.17 bits per heavy atom. The molecule has 0 aromatic rings. The van der Waals surface area contributed by atoms with Crippen molar-refractivity contribution in [1.82, 2.24) is 5.01 Å². The van der Waals surface area contributed by atoms with Crippen LogP contribution < -0.4 is 5.84 Å². The summed E-state index contributed by atoms with van der Waals surface area (Å²) in [5.74, 6) is 5.05. The summed E-state index contributed by atoms with van der Waals surface area (Å²) in [4.78, 5) is 0. The summed E-state index contributed by atoms with van der Waals surface area (Å²) < 4.78 is 0.398. The molecule has 4 heteroatoms. The van der Waals surface area contributed by atoms with Gasteiger partial charge in [-0.3, -0.25) is 5.01 Å². The molecule has 2 nitrogen and oxygen atoms in total.